The lowest BCUT2D eigenvalue weighted by atomic mass is 10.2. The second-order valence-electron chi connectivity index (χ2n) is 4.61. The molecule has 94 valence electrons. The van der Waals surface area contributed by atoms with E-state index in [1.54, 1.807) is 13.0 Å². The zero-order valence-electron chi connectivity index (χ0n) is 9.92. The smallest absolute Gasteiger partial charge is 0.264 e. The fraction of sp³-hybridized carbons (Fsp3) is 0.417. The summed E-state index contributed by atoms with van der Waals surface area (Å²) < 4.78 is 5.34. The highest BCUT2D eigenvalue weighted by atomic mass is 16.5. The second kappa shape index (κ2) is 3.78. The van der Waals surface area contributed by atoms with E-state index in [0.29, 0.717) is 29.9 Å². The molecule has 0 spiro atoms. The van der Waals surface area contributed by atoms with Gasteiger partial charge in [0.2, 0.25) is 0 Å². The van der Waals surface area contributed by atoms with Gasteiger partial charge in [0, 0.05) is 0 Å². The van der Waals surface area contributed by atoms with Gasteiger partial charge in [-0.1, -0.05) is 0 Å². The molecular weight excluding hydrogens is 234 g/mol. The summed E-state index contributed by atoms with van der Waals surface area (Å²) >= 11 is 0. The summed E-state index contributed by atoms with van der Waals surface area (Å²) in [5, 5.41) is 0. The first-order chi connectivity index (χ1) is 8.58. The number of carbonyl (C=O) groups excluding carboxylic acids is 2. The Hall–Kier alpha value is -1.95. The predicted octanol–water partition coefficient (Wildman–Crippen LogP) is 0.393. The Kier molecular flexibility index (Phi) is 2.34. The Balaban J connectivity index is 2.05. The molecule has 2 saturated heterocycles. The molecule has 0 aliphatic carbocycles. The van der Waals surface area contributed by atoms with Gasteiger partial charge < -0.3 is 10.5 Å². The molecule has 2 fully saturated rings. The van der Waals surface area contributed by atoms with E-state index < -0.39 is 12.2 Å². The number of anilines is 2. The van der Waals surface area contributed by atoms with Crippen molar-refractivity contribution in [2.75, 3.05) is 10.6 Å². The first-order valence-corrected chi connectivity index (χ1v) is 5.83. The number of hydrogen-bond acceptors (Lipinski definition) is 5. The van der Waals surface area contributed by atoms with Gasteiger partial charge in [-0.3, -0.25) is 9.59 Å². The average molecular weight is 247 g/mol. The SMILES string of the molecule is Cc1cc(N)cnc1N1C(=O)C2CCC(O2)C1=O. The lowest BCUT2D eigenvalue weighted by molar-refractivity contribution is -0.147. The van der Waals surface area contributed by atoms with Crippen LogP contribution in [-0.2, 0) is 14.3 Å². The largest absolute Gasteiger partial charge is 0.397 e. The minimum Gasteiger partial charge on any atom is -0.397 e. The van der Waals surface area contributed by atoms with Gasteiger partial charge in [0.1, 0.15) is 18.0 Å². The summed E-state index contributed by atoms with van der Waals surface area (Å²) in [5.41, 5.74) is 6.83. The number of morpholine rings is 1. The van der Waals surface area contributed by atoms with Gasteiger partial charge >= 0.3 is 0 Å². The molecule has 0 saturated carbocycles. The number of aromatic nitrogens is 1. The number of ether oxygens (including phenoxy) is 1. The first-order valence-electron chi connectivity index (χ1n) is 5.83. The lowest BCUT2D eigenvalue weighted by Crippen LogP contribution is -2.52. The minimum absolute atomic E-state index is 0.325. The molecule has 3 rings (SSSR count). The zero-order chi connectivity index (χ0) is 12.9. The van der Waals surface area contributed by atoms with Crippen molar-refractivity contribution < 1.29 is 14.3 Å². The summed E-state index contributed by atoms with van der Waals surface area (Å²) in [6.07, 6.45) is 1.62. The Labute approximate surface area is 104 Å². The third-order valence-electron chi connectivity index (χ3n) is 3.29. The molecule has 0 radical (unpaired) electrons. The van der Waals surface area contributed by atoms with Crippen LogP contribution in [0.3, 0.4) is 0 Å². The van der Waals surface area contributed by atoms with Gasteiger partial charge in [-0.2, -0.15) is 0 Å². The molecule has 2 N–H and O–H groups in total. The quantitative estimate of drug-likeness (QED) is 0.726. The molecular formula is C12H13N3O3. The minimum atomic E-state index is -0.508. The van der Waals surface area contributed by atoms with Crippen LogP contribution in [-0.4, -0.2) is 29.0 Å². The van der Waals surface area contributed by atoms with Crippen molar-refractivity contribution in [3.05, 3.63) is 17.8 Å². The lowest BCUT2D eigenvalue weighted by Gasteiger charge is -2.29. The van der Waals surface area contributed by atoms with Crippen LogP contribution in [0.2, 0.25) is 0 Å². The number of nitrogens with two attached hydrogens (primary N) is 1. The zero-order valence-corrected chi connectivity index (χ0v) is 9.92. The second-order valence-corrected chi connectivity index (χ2v) is 4.61. The molecule has 0 aromatic carbocycles. The highest BCUT2D eigenvalue weighted by Crippen LogP contribution is 2.32. The van der Waals surface area contributed by atoms with E-state index in [9.17, 15) is 9.59 Å². The van der Waals surface area contributed by atoms with Crippen molar-refractivity contribution in [2.45, 2.75) is 32.0 Å². The maximum atomic E-state index is 12.1. The summed E-state index contributed by atoms with van der Waals surface area (Å²) in [7, 11) is 0. The van der Waals surface area contributed by atoms with Crippen LogP contribution >= 0.6 is 0 Å². The Bertz CT molecular complexity index is 521. The fourth-order valence-electron chi connectivity index (χ4n) is 2.43. The van der Waals surface area contributed by atoms with Crippen molar-refractivity contribution in [1.82, 2.24) is 4.98 Å². The molecule has 6 heteroatoms. The summed E-state index contributed by atoms with van der Waals surface area (Å²) in [6, 6.07) is 1.69. The van der Waals surface area contributed by atoms with E-state index in [1.165, 1.54) is 6.20 Å². The molecule has 2 aliphatic rings. The summed E-state index contributed by atoms with van der Waals surface area (Å²) in [6.45, 7) is 1.77. The van der Waals surface area contributed by atoms with Gasteiger partial charge in [-0.25, -0.2) is 9.88 Å². The van der Waals surface area contributed by atoms with Crippen LogP contribution in [0.1, 0.15) is 18.4 Å². The van der Waals surface area contributed by atoms with Crippen LogP contribution in [0.4, 0.5) is 11.5 Å². The molecule has 1 aromatic rings. The molecule has 2 amide bonds. The van der Waals surface area contributed by atoms with Crippen molar-refractivity contribution in [2.24, 2.45) is 0 Å². The predicted molar refractivity (Wildman–Crippen MR) is 63.8 cm³/mol. The van der Waals surface area contributed by atoms with Gasteiger partial charge in [-0.15, -0.1) is 0 Å². The number of nitrogen functional groups attached to an aromatic ring is 1. The van der Waals surface area contributed by atoms with Gasteiger partial charge in [0.25, 0.3) is 11.8 Å². The highest BCUT2D eigenvalue weighted by molar-refractivity contribution is 6.19. The van der Waals surface area contributed by atoms with Crippen molar-refractivity contribution >= 4 is 23.3 Å². The topological polar surface area (TPSA) is 85.5 Å². The summed E-state index contributed by atoms with van der Waals surface area (Å²) in [5.74, 6) is -0.289. The van der Waals surface area contributed by atoms with E-state index in [0.717, 1.165) is 4.90 Å². The molecule has 2 aliphatic heterocycles. The van der Waals surface area contributed by atoms with E-state index in [4.69, 9.17) is 10.5 Å². The molecule has 2 atom stereocenters. The number of pyridine rings is 1. The summed E-state index contributed by atoms with van der Waals surface area (Å²) in [4.78, 5) is 29.5. The maximum absolute atomic E-state index is 12.1. The van der Waals surface area contributed by atoms with Crippen LogP contribution in [0.25, 0.3) is 0 Å². The molecule has 2 unspecified atom stereocenters. The van der Waals surface area contributed by atoms with Crippen molar-refractivity contribution in [3.8, 4) is 0 Å². The number of hydrogen-bond donors (Lipinski definition) is 1. The maximum Gasteiger partial charge on any atom is 0.264 e. The third-order valence-corrected chi connectivity index (χ3v) is 3.29. The molecule has 3 heterocycles. The van der Waals surface area contributed by atoms with Gasteiger partial charge in [0.05, 0.1) is 11.9 Å². The van der Waals surface area contributed by atoms with Gasteiger partial charge in [-0.05, 0) is 31.4 Å². The van der Waals surface area contributed by atoms with Crippen LogP contribution in [0.5, 0.6) is 0 Å². The molecule has 6 nitrogen and oxygen atoms in total. The standard InChI is InChI=1S/C12H13N3O3/c1-6-4-7(13)5-14-10(6)15-11(16)8-2-3-9(18-8)12(15)17/h4-5,8-9H,2-3,13H2,1H3. The molecule has 18 heavy (non-hydrogen) atoms. The number of imide groups is 1. The van der Waals surface area contributed by atoms with E-state index in [2.05, 4.69) is 4.98 Å². The number of amides is 2. The van der Waals surface area contributed by atoms with Crippen LogP contribution in [0, 0.1) is 6.92 Å². The Morgan fingerprint density at radius 3 is 2.50 bits per heavy atom. The molecule has 1 aromatic heterocycles. The van der Waals surface area contributed by atoms with Crippen molar-refractivity contribution in [3.63, 3.8) is 0 Å². The molecule has 2 bridgehead atoms. The van der Waals surface area contributed by atoms with Crippen LogP contribution < -0.4 is 10.6 Å². The van der Waals surface area contributed by atoms with E-state index >= 15 is 0 Å². The highest BCUT2D eigenvalue weighted by Gasteiger charge is 2.47. The Morgan fingerprint density at radius 1 is 1.33 bits per heavy atom. The number of nitrogens with zero attached hydrogens (tertiary/aromatic N) is 2. The average Bonchev–Trinajstić information content (AvgIpc) is 2.76. The van der Waals surface area contributed by atoms with E-state index in [1.807, 2.05) is 0 Å². The third kappa shape index (κ3) is 1.49. The Morgan fingerprint density at radius 2 is 1.94 bits per heavy atom. The van der Waals surface area contributed by atoms with Gasteiger partial charge in [0.15, 0.2) is 0 Å². The fourth-order valence-corrected chi connectivity index (χ4v) is 2.43. The van der Waals surface area contributed by atoms with Crippen molar-refractivity contribution in [1.29, 1.82) is 0 Å². The normalized spacial score (nSPS) is 26.8. The number of rotatable bonds is 1. The number of aryl methyl sites for hydroxylation is 1. The van der Waals surface area contributed by atoms with E-state index in [-0.39, 0.29) is 11.8 Å². The number of fused-ring (bicyclic) bond motifs is 2. The first kappa shape index (κ1) is 11.2. The monoisotopic (exact) mass is 247 g/mol. The van der Waals surface area contributed by atoms with Crippen LogP contribution in [0.15, 0.2) is 12.3 Å². The number of carbonyl (C=O) groups is 2.